The van der Waals surface area contributed by atoms with E-state index in [0.29, 0.717) is 26.1 Å². The first-order chi connectivity index (χ1) is 12.4. The fraction of sp³-hybridized carbons (Fsp3) is 0.579. The van der Waals surface area contributed by atoms with Crippen molar-refractivity contribution in [1.82, 2.24) is 24.6 Å². The van der Waals surface area contributed by atoms with Gasteiger partial charge in [-0.3, -0.25) is 9.48 Å². The first kappa shape index (κ1) is 18.5. The van der Waals surface area contributed by atoms with Crippen LogP contribution in [0.3, 0.4) is 0 Å². The Morgan fingerprint density at radius 1 is 1.31 bits per heavy atom. The summed E-state index contributed by atoms with van der Waals surface area (Å²) in [5.41, 5.74) is 5.02. The van der Waals surface area contributed by atoms with E-state index in [1.165, 1.54) is 0 Å². The number of aromatic nitrogens is 4. The summed E-state index contributed by atoms with van der Waals surface area (Å²) in [6.07, 6.45) is 3.74. The molecule has 1 atom stereocenters. The number of nitrogens with zero attached hydrogens (tertiary/aromatic N) is 5. The molecule has 7 nitrogen and oxygen atoms in total. The Labute approximate surface area is 154 Å². The standard InChI is InChI=1S/C19H27N5O2/c1-13-9-16(21-12-20-13)5-6-17-11-24(7-8-26-17)19(25)10-18-14(2)22-23(4)15(18)3/h9,12,17H,5-8,10-11H2,1-4H3. The summed E-state index contributed by atoms with van der Waals surface area (Å²) in [6, 6.07) is 2.00. The summed E-state index contributed by atoms with van der Waals surface area (Å²) in [5, 5.41) is 4.40. The van der Waals surface area contributed by atoms with E-state index in [4.69, 9.17) is 4.74 Å². The van der Waals surface area contributed by atoms with Gasteiger partial charge >= 0.3 is 0 Å². The molecule has 0 spiro atoms. The van der Waals surface area contributed by atoms with Crippen molar-refractivity contribution in [2.75, 3.05) is 19.7 Å². The van der Waals surface area contributed by atoms with Crippen molar-refractivity contribution in [3.63, 3.8) is 0 Å². The molecule has 1 amide bonds. The van der Waals surface area contributed by atoms with Crippen molar-refractivity contribution >= 4 is 5.91 Å². The van der Waals surface area contributed by atoms with E-state index in [0.717, 1.165) is 41.2 Å². The fourth-order valence-electron chi connectivity index (χ4n) is 3.41. The van der Waals surface area contributed by atoms with E-state index in [1.807, 2.05) is 43.5 Å². The lowest BCUT2D eigenvalue weighted by Gasteiger charge is -2.33. The molecule has 1 unspecified atom stereocenters. The Kier molecular flexibility index (Phi) is 5.66. The molecule has 3 rings (SSSR count). The van der Waals surface area contributed by atoms with Gasteiger partial charge in [0.15, 0.2) is 0 Å². The number of ether oxygens (including phenoxy) is 1. The molecule has 0 aromatic carbocycles. The summed E-state index contributed by atoms with van der Waals surface area (Å²) in [4.78, 5) is 23.1. The summed E-state index contributed by atoms with van der Waals surface area (Å²) in [5.74, 6) is 0.149. The number of carbonyl (C=O) groups is 1. The molecule has 3 heterocycles. The maximum absolute atomic E-state index is 12.8. The van der Waals surface area contributed by atoms with Gasteiger partial charge in [-0.1, -0.05) is 0 Å². The van der Waals surface area contributed by atoms with Crippen LogP contribution in [0.5, 0.6) is 0 Å². The highest BCUT2D eigenvalue weighted by atomic mass is 16.5. The topological polar surface area (TPSA) is 73.1 Å². The zero-order chi connectivity index (χ0) is 18.7. The van der Waals surface area contributed by atoms with Crippen molar-refractivity contribution < 1.29 is 9.53 Å². The van der Waals surface area contributed by atoms with E-state index >= 15 is 0 Å². The molecule has 1 fully saturated rings. The van der Waals surface area contributed by atoms with Crippen LogP contribution < -0.4 is 0 Å². The van der Waals surface area contributed by atoms with Crippen molar-refractivity contribution in [2.24, 2.45) is 7.05 Å². The highest BCUT2D eigenvalue weighted by molar-refractivity contribution is 5.79. The third-order valence-electron chi connectivity index (χ3n) is 5.06. The Morgan fingerprint density at radius 3 is 2.81 bits per heavy atom. The number of hydrogen-bond acceptors (Lipinski definition) is 5. The molecule has 0 radical (unpaired) electrons. The van der Waals surface area contributed by atoms with Gasteiger partial charge in [-0.15, -0.1) is 0 Å². The van der Waals surface area contributed by atoms with Gasteiger partial charge in [-0.05, 0) is 39.7 Å². The Morgan fingerprint density at radius 2 is 2.12 bits per heavy atom. The van der Waals surface area contributed by atoms with Crippen LogP contribution in [0.1, 0.15) is 34.8 Å². The fourth-order valence-corrected chi connectivity index (χ4v) is 3.41. The van der Waals surface area contributed by atoms with E-state index in [1.54, 1.807) is 6.33 Å². The Bertz CT molecular complexity index is 786. The summed E-state index contributed by atoms with van der Waals surface area (Å²) < 4.78 is 7.70. The molecule has 7 heteroatoms. The molecule has 1 aliphatic heterocycles. The van der Waals surface area contributed by atoms with Gasteiger partial charge in [0.05, 0.1) is 24.8 Å². The van der Waals surface area contributed by atoms with Crippen molar-refractivity contribution in [3.8, 4) is 0 Å². The van der Waals surface area contributed by atoms with Gasteiger partial charge in [0, 0.05) is 42.8 Å². The predicted molar refractivity (Wildman–Crippen MR) is 97.8 cm³/mol. The maximum atomic E-state index is 12.8. The zero-order valence-electron chi connectivity index (χ0n) is 16.0. The van der Waals surface area contributed by atoms with Crippen LogP contribution in [-0.2, 0) is 29.4 Å². The minimum atomic E-state index is 0.0547. The third-order valence-corrected chi connectivity index (χ3v) is 5.06. The minimum absolute atomic E-state index is 0.0547. The summed E-state index contributed by atoms with van der Waals surface area (Å²) in [7, 11) is 1.91. The normalized spacial score (nSPS) is 17.5. The molecule has 26 heavy (non-hydrogen) atoms. The van der Waals surface area contributed by atoms with Gasteiger partial charge in [0.1, 0.15) is 6.33 Å². The number of rotatable bonds is 5. The molecule has 0 aliphatic carbocycles. The SMILES string of the molecule is Cc1cc(CCC2CN(C(=O)Cc3c(C)nn(C)c3C)CCO2)ncn1. The van der Waals surface area contributed by atoms with Crippen molar-refractivity contribution in [1.29, 1.82) is 0 Å². The average molecular weight is 357 g/mol. The predicted octanol–water partition coefficient (Wildman–Crippen LogP) is 1.54. The summed E-state index contributed by atoms with van der Waals surface area (Å²) in [6.45, 7) is 7.81. The van der Waals surface area contributed by atoms with Crippen LogP contribution in [0.15, 0.2) is 12.4 Å². The van der Waals surface area contributed by atoms with E-state index in [2.05, 4.69) is 15.1 Å². The Balaban J connectivity index is 1.56. The van der Waals surface area contributed by atoms with Crippen LogP contribution in [0.2, 0.25) is 0 Å². The first-order valence-electron chi connectivity index (χ1n) is 9.10. The lowest BCUT2D eigenvalue weighted by molar-refractivity contribution is -0.138. The van der Waals surface area contributed by atoms with Crippen LogP contribution in [0, 0.1) is 20.8 Å². The van der Waals surface area contributed by atoms with Gasteiger partial charge in [-0.25, -0.2) is 9.97 Å². The average Bonchev–Trinajstić information content (AvgIpc) is 2.86. The molecular formula is C19H27N5O2. The molecule has 0 saturated carbocycles. The zero-order valence-corrected chi connectivity index (χ0v) is 16.0. The molecule has 2 aromatic rings. The quantitative estimate of drug-likeness (QED) is 0.811. The van der Waals surface area contributed by atoms with Gasteiger partial charge in [0.25, 0.3) is 0 Å². The van der Waals surface area contributed by atoms with E-state index in [9.17, 15) is 4.79 Å². The molecule has 2 aromatic heterocycles. The molecule has 140 valence electrons. The number of amides is 1. The second-order valence-electron chi connectivity index (χ2n) is 6.97. The second-order valence-corrected chi connectivity index (χ2v) is 6.97. The van der Waals surface area contributed by atoms with Crippen LogP contribution in [0.4, 0.5) is 0 Å². The number of hydrogen-bond donors (Lipinski definition) is 0. The van der Waals surface area contributed by atoms with Crippen LogP contribution in [-0.4, -0.2) is 56.4 Å². The number of morpholine rings is 1. The first-order valence-corrected chi connectivity index (χ1v) is 9.10. The summed E-state index contributed by atoms with van der Waals surface area (Å²) >= 11 is 0. The molecule has 1 aliphatic rings. The lowest BCUT2D eigenvalue weighted by Crippen LogP contribution is -2.46. The van der Waals surface area contributed by atoms with E-state index < -0.39 is 0 Å². The largest absolute Gasteiger partial charge is 0.375 e. The molecule has 0 bridgehead atoms. The molecular weight excluding hydrogens is 330 g/mol. The van der Waals surface area contributed by atoms with Crippen molar-refractivity contribution in [3.05, 3.63) is 40.7 Å². The molecule has 1 saturated heterocycles. The highest BCUT2D eigenvalue weighted by Crippen LogP contribution is 2.17. The van der Waals surface area contributed by atoms with Crippen LogP contribution >= 0.6 is 0 Å². The number of aryl methyl sites for hydroxylation is 4. The van der Waals surface area contributed by atoms with E-state index in [-0.39, 0.29) is 12.0 Å². The number of carbonyl (C=O) groups excluding carboxylic acids is 1. The highest BCUT2D eigenvalue weighted by Gasteiger charge is 2.25. The monoisotopic (exact) mass is 357 g/mol. The van der Waals surface area contributed by atoms with Crippen LogP contribution in [0.25, 0.3) is 0 Å². The maximum Gasteiger partial charge on any atom is 0.227 e. The smallest absolute Gasteiger partial charge is 0.227 e. The third kappa shape index (κ3) is 4.27. The Hall–Kier alpha value is -2.28. The van der Waals surface area contributed by atoms with Gasteiger partial charge in [0.2, 0.25) is 5.91 Å². The second kappa shape index (κ2) is 7.95. The van der Waals surface area contributed by atoms with Gasteiger partial charge in [-0.2, -0.15) is 5.10 Å². The lowest BCUT2D eigenvalue weighted by atomic mass is 10.1. The van der Waals surface area contributed by atoms with Gasteiger partial charge < -0.3 is 9.64 Å². The molecule has 0 N–H and O–H groups in total. The minimum Gasteiger partial charge on any atom is -0.375 e. The van der Waals surface area contributed by atoms with Crippen molar-refractivity contribution in [2.45, 2.75) is 46.1 Å².